The van der Waals surface area contributed by atoms with Crippen molar-refractivity contribution in [3.63, 3.8) is 0 Å². The Kier molecular flexibility index (Phi) is 4.73. The lowest BCUT2D eigenvalue weighted by molar-refractivity contribution is -0.132. The van der Waals surface area contributed by atoms with E-state index in [1.807, 2.05) is 25.1 Å². The van der Waals surface area contributed by atoms with Crippen LogP contribution in [0.3, 0.4) is 0 Å². The predicted molar refractivity (Wildman–Crippen MR) is 95.3 cm³/mol. The monoisotopic (exact) mass is 363 g/mol. The molecule has 0 spiro atoms. The van der Waals surface area contributed by atoms with E-state index in [1.165, 1.54) is 4.90 Å². The Morgan fingerprint density at radius 3 is 2.73 bits per heavy atom. The van der Waals surface area contributed by atoms with Crippen LogP contribution in [0.2, 0.25) is 0 Å². The number of alkyl halides is 2. The highest BCUT2D eigenvalue weighted by atomic mass is 19.3. The number of halogens is 2. The SMILES string of the molecule is Cc1ccc2[nH]c(C(=O)NC(C)C(=O)N3CCC(C(C)(F)F)C3)cc2c1. The molecule has 2 amide bonds. The number of H-pyrrole nitrogens is 1. The average Bonchev–Trinajstić information content (AvgIpc) is 3.20. The van der Waals surface area contributed by atoms with Crippen LogP contribution in [0.5, 0.6) is 0 Å². The van der Waals surface area contributed by atoms with Gasteiger partial charge in [0.2, 0.25) is 11.8 Å². The lowest BCUT2D eigenvalue weighted by atomic mass is 10.0. The minimum atomic E-state index is -2.80. The smallest absolute Gasteiger partial charge is 0.268 e. The zero-order chi connectivity index (χ0) is 19.1. The third-order valence-corrected chi connectivity index (χ3v) is 4.96. The Bertz CT molecular complexity index is 841. The minimum absolute atomic E-state index is 0.0220. The number of hydrogen-bond donors (Lipinski definition) is 2. The van der Waals surface area contributed by atoms with Gasteiger partial charge in [-0.1, -0.05) is 11.6 Å². The number of aryl methyl sites for hydroxylation is 1. The number of aromatic amines is 1. The molecule has 3 rings (SSSR count). The molecule has 26 heavy (non-hydrogen) atoms. The molecule has 1 aliphatic heterocycles. The first kappa shape index (κ1) is 18.4. The second kappa shape index (κ2) is 6.70. The summed E-state index contributed by atoms with van der Waals surface area (Å²) in [5.41, 5.74) is 2.29. The summed E-state index contributed by atoms with van der Waals surface area (Å²) in [6.45, 7) is 4.74. The Balaban J connectivity index is 1.64. The summed E-state index contributed by atoms with van der Waals surface area (Å²) >= 11 is 0. The van der Waals surface area contributed by atoms with Gasteiger partial charge in [-0.05, 0) is 45.4 Å². The molecule has 7 heteroatoms. The van der Waals surface area contributed by atoms with Crippen molar-refractivity contribution in [3.8, 4) is 0 Å². The number of rotatable bonds is 4. The number of likely N-dealkylation sites (tertiary alicyclic amines) is 1. The third-order valence-electron chi connectivity index (χ3n) is 4.96. The number of amides is 2. The van der Waals surface area contributed by atoms with Crippen molar-refractivity contribution in [2.45, 2.75) is 39.2 Å². The lowest BCUT2D eigenvalue weighted by Gasteiger charge is -2.23. The van der Waals surface area contributed by atoms with Gasteiger partial charge in [-0.3, -0.25) is 9.59 Å². The van der Waals surface area contributed by atoms with E-state index < -0.39 is 23.8 Å². The molecular weight excluding hydrogens is 340 g/mol. The average molecular weight is 363 g/mol. The van der Waals surface area contributed by atoms with E-state index in [1.54, 1.807) is 13.0 Å². The van der Waals surface area contributed by atoms with E-state index in [-0.39, 0.29) is 18.9 Å². The maximum atomic E-state index is 13.4. The first-order valence-electron chi connectivity index (χ1n) is 8.72. The van der Waals surface area contributed by atoms with Crippen LogP contribution in [0.4, 0.5) is 8.78 Å². The molecule has 140 valence electrons. The maximum absolute atomic E-state index is 13.4. The number of nitrogens with zero attached hydrogens (tertiary/aromatic N) is 1. The number of benzene rings is 1. The Hall–Kier alpha value is -2.44. The van der Waals surface area contributed by atoms with Gasteiger partial charge in [0.1, 0.15) is 11.7 Å². The van der Waals surface area contributed by atoms with E-state index in [2.05, 4.69) is 10.3 Å². The van der Waals surface area contributed by atoms with Gasteiger partial charge >= 0.3 is 0 Å². The standard InChI is InChI=1S/C19H23F2N3O2/c1-11-4-5-15-13(8-11)9-16(23-15)17(25)22-12(2)18(26)24-7-6-14(10-24)19(3,20)21/h4-5,8-9,12,14,23H,6-7,10H2,1-3H3,(H,22,25). The summed E-state index contributed by atoms with van der Waals surface area (Å²) in [4.78, 5) is 29.3. The number of carbonyl (C=O) groups is 2. The second-order valence-electron chi connectivity index (χ2n) is 7.20. The van der Waals surface area contributed by atoms with Crippen molar-refractivity contribution < 1.29 is 18.4 Å². The molecule has 1 saturated heterocycles. The first-order chi connectivity index (χ1) is 12.1. The molecule has 1 aliphatic rings. The number of aromatic nitrogens is 1. The quantitative estimate of drug-likeness (QED) is 0.877. The summed E-state index contributed by atoms with van der Waals surface area (Å²) in [5.74, 6) is -4.36. The van der Waals surface area contributed by atoms with Crippen LogP contribution in [0.25, 0.3) is 10.9 Å². The van der Waals surface area contributed by atoms with Crippen molar-refractivity contribution in [3.05, 3.63) is 35.5 Å². The van der Waals surface area contributed by atoms with E-state index in [9.17, 15) is 18.4 Å². The van der Waals surface area contributed by atoms with Gasteiger partial charge in [-0.25, -0.2) is 8.78 Å². The van der Waals surface area contributed by atoms with Crippen LogP contribution in [-0.4, -0.2) is 46.8 Å². The van der Waals surface area contributed by atoms with Gasteiger partial charge in [0, 0.05) is 29.9 Å². The fourth-order valence-electron chi connectivity index (χ4n) is 3.36. The summed E-state index contributed by atoms with van der Waals surface area (Å²) in [5, 5.41) is 3.57. The van der Waals surface area contributed by atoms with Crippen LogP contribution in [-0.2, 0) is 4.79 Å². The summed E-state index contributed by atoms with van der Waals surface area (Å²) < 4.78 is 26.8. The predicted octanol–water partition coefficient (Wildman–Crippen LogP) is 3.10. The van der Waals surface area contributed by atoms with Gasteiger partial charge in [0.15, 0.2) is 0 Å². The van der Waals surface area contributed by atoms with E-state index >= 15 is 0 Å². The highest BCUT2D eigenvalue weighted by Crippen LogP contribution is 2.32. The molecule has 5 nitrogen and oxygen atoms in total. The van der Waals surface area contributed by atoms with Crippen LogP contribution in [0.15, 0.2) is 24.3 Å². The van der Waals surface area contributed by atoms with Crippen molar-refractivity contribution >= 4 is 22.7 Å². The highest BCUT2D eigenvalue weighted by Gasteiger charge is 2.41. The summed E-state index contributed by atoms with van der Waals surface area (Å²) in [6.07, 6.45) is 0.275. The molecule has 1 aromatic carbocycles. The van der Waals surface area contributed by atoms with Gasteiger partial charge in [-0.2, -0.15) is 0 Å². The Morgan fingerprint density at radius 1 is 1.35 bits per heavy atom. The van der Waals surface area contributed by atoms with E-state index in [0.717, 1.165) is 23.4 Å². The zero-order valence-electron chi connectivity index (χ0n) is 15.1. The highest BCUT2D eigenvalue weighted by molar-refractivity contribution is 6.00. The lowest BCUT2D eigenvalue weighted by Crippen LogP contribution is -2.46. The second-order valence-corrected chi connectivity index (χ2v) is 7.20. The molecule has 2 atom stereocenters. The first-order valence-corrected chi connectivity index (χ1v) is 8.72. The number of carbonyl (C=O) groups excluding carboxylic acids is 2. The largest absolute Gasteiger partial charge is 0.351 e. The molecule has 2 N–H and O–H groups in total. The van der Waals surface area contributed by atoms with Gasteiger partial charge in [-0.15, -0.1) is 0 Å². The zero-order valence-corrected chi connectivity index (χ0v) is 15.1. The van der Waals surface area contributed by atoms with Gasteiger partial charge in [0.25, 0.3) is 5.91 Å². The van der Waals surface area contributed by atoms with Crippen molar-refractivity contribution in [1.29, 1.82) is 0 Å². The third kappa shape index (κ3) is 3.71. The fraction of sp³-hybridized carbons (Fsp3) is 0.474. The Morgan fingerprint density at radius 2 is 2.08 bits per heavy atom. The Labute approximate surface area is 150 Å². The van der Waals surface area contributed by atoms with Crippen molar-refractivity contribution in [1.82, 2.24) is 15.2 Å². The van der Waals surface area contributed by atoms with Gasteiger partial charge in [0.05, 0.1) is 0 Å². The van der Waals surface area contributed by atoms with E-state index in [4.69, 9.17) is 0 Å². The molecular formula is C19H23F2N3O2. The van der Waals surface area contributed by atoms with Crippen LogP contribution < -0.4 is 5.32 Å². The summed E-state index contributed by atoms with van der Waals surface area (Å²) in [7, 11) is 0. The topological polar surface area (TPSA) is 65.2 Å². The molecule has 0 saturated carbocycles. The number of fused-ring (bicyclic) bond motifs is 1. The molecule has 2 aromatic rings. The van der Waals surface area contributed by atoms with Crippen molar-refractivity contribution in [2.24, 2.45) is 5.92 Å². The summed E-state index contributed by atoms with van der Waals surface area (Å²) in [6, 6.07) is 6.76. The molecule has 2 heterocycles. The number of hydrogen-bond acceptors (Lipinski definition) is 2. The van der Waals surface area contributed by atoms with Crippen LogP contribution >= 0.6 is 0 Å². The number of nitrogens with one attached hydrogen (secondary N) is 2. The van der Waals surface area contributed by atoms with E-state index in [0.29, 0.717) is 12.2 Å². The molecule has 0 radical (unpaired) electrons. The van der Waals surface area contributed by atoms with Crippen molar-refractivity contribution in [2.75, 3.05) is 13.1 Å². The minimum Gasteiger partial charge on any atom is -0.351 e. The van der Waals surface area contributed by atoms with Crippen LogP contribution in [0.1, 0.15) is 36.3 Å². The van der Waals surface area contributed by atoms with Crippen LogP contribution in [0, 0.1) is 12.8 Å². The molecule has 0 bridgehead atoms. The normalized spacial score (nSPS) is 19.0. The fourth-order valence-corrected chi connectivity index (χ4v) is 3.36. The molecule has 0 aliphatic carbocycles. The molecule has 1 fully saturated rings. The molecule has 2 unspecified atom stereocenters. The molecule has 1 aromatic heterocycles. The van der Waals surface area contributed by atoms with Gasteiger partial charge < -0.3 is 15.2 Å². The maximum Gasteiger partial charge on any atom is 0.268 e.